The van der Waals surface area contributed by atoms with Gasteiger partial charge in [0.2, 0.25) is 0 Å². The SMILES string of the molecule is Cc1ccc(NC(=O)c2nc(C(=O)NC3CC3)n3c2CCCC3)c(C)c1. The van der Waals surface area contributed by atoms with Gasteiger partial charge < -0.3 is 15.2 Å². The molecule has 2 amide bonds. The molecule has 4 rings (SSSR count). The Morgan fingerprint density at radius 1 is 1.15 bits per heavy atom. The van der Waals surface area contributed by atoms with Crippen LogP contribution in [0.3, 0.4) is 0 Å². The summed E-state index contributed by atoms with van der Waals surface area (Å²) in [6, 6.07) is 6.18. The van der Waals surface area contributed by atoms with Crippen LogP contribution in [0.2, 0.25) is 0 Å². The highest BCUT2D eigenvalue weighted by Gasteiger charge is 2.30. The number of aryl methyl sites for hydroxylation is 2. The Morgan fingerprint density at radius 3 is 2.69 bits per heavy atom. The highest BCUT2D eigenvalue weighted by Crippen LogP contribution is 2.24. The van der Waals surface area contributed by atoms with Crippen LogP contribution in [-0.4, -0.2) is 27.4 Å². The molecule has 6 heteroatoms. The molecule has 2 aromatic rings. The van der Waals surface area contributed by atoms with Gasteiger partial charge in [0, 0.05) is 18.3 Å². The number of carbonyl (C=O) groups is 2. The summed E-state index contributed by atoms with van der Waals surface area (Å²) in [6.45, 7) is 4.74. The number of benzene rings is 1. The number of nitrogens with one attached hydrogen (secondary N) is 2. The lowest BCUT2D eigenvalue weighted by Crippen LogP contribution is -2.29. The van der Waals surface area contributed by atoms with Crippen molar-refractivity contribution >= 4 is 17.5 Å². The molecular formula is C20H24N4O2. The van der Waals surface area contributed by atoms with Gasteiger partial charge in [-0.3, -0.25) is 9.59 Å². The zero-order valence-electron chi connectivity index (χ0n) is 15.3. The van der Waals surface area contributed by atoms with Gasteiger partial charge in [-0.15, -0.1) is 0 Å². The molecule has 0 bridgehead atoms. The second-order valence-electron chi connectivity index (χ2n) is 7.36. The van der Waals surface area contributed by atoms with Crippen molar-refractivity contribution < 1.29 is 9.59 Å². The number of aromatic nitrogens is 2. The van der Waals surface area contributed by atoms with E-state index in [9.17, 15) is 9.59 Å². The van der Waals surface area contributed by atoms with Crippen LogP contribution >= 0.6 is 0 Å². The van der Waals surface area contributed by atoms with Gasteiger partial charge >= 0.3 is 0 Å². The Kier molecular flexibility index (Phi) is 4.26. The Morgan fingerprint density at radius 2 is 1.96 bits per heavy atom. The first-order valence-electron chi connectivity index (χ1n) is 9.32. The summed E-state index contributed by atoms with van der Waals surface area (Å²) in [5.41, 5.74) is 4.20. The molecule has 0 radical (unpaired) electrons. The van der Waals surface area contributed by atoms with E-state index in [0.717, 1.165) is 61.2 Å². The fourth-order valence-electron chi connectivity index (χ4n) is 3.51. The third kappa shape index (κ3) is 3.23. The van der Waals surface area contributed by atoms with Crippen LogP contribution in [-0.2, 0) is 13.0 Å². The van der Waals surface area contributed by atoms with Crippen LogP contribution in [0.15, 0.2) is 18.2 Å². The maximum atomic E-state index is 12.9. The topological polar surface area (TPSA) is 76.0 Å². The van der Waals surface area contributed by atoms with Crippen LogP contribution in [0.5, 0.6) is 0 Å². The molecule has 136 valence electrons. The van der Waals surface area contributed by atoms with E-state index in [1.54, 1.807) is 0 Å². The first-order chi connectivity index (χ1) is 12.5. The summed E-state index contributed by atoms with van der Waals surface area (Å²) in [5.74, 6) is -0.0355. The van der Waals surface area contributed by atoms with Gasteiger partial charge in [-0.25, -0.2) is 4.98 Å². The van der Waals surface area contributed by atoms with E-state index in [1.807, 2.05) is 36.6 Å². The molecule has 1 aliphatic heterocycles. The van der Waals surface area contributed by atoms with Crippen molar-refractivity contribution in [1.82, 2.24) is 14.9 Å². The summed E-state index contributed by atoms with van der Waals surface area (Å²) in [5, 5.41) is 5.95. The Balaban J connectivity index is 1.63. The Hall–Kier alpha value is -2.63. The molecule has 6 nitrogen and oxygen atoms in total. The maximum Gasteiger partial charge on any atom is 0.287 e. The van der Waals surface area contributed by atoms with E-state index in [4.69, 9.17) is 0 Å². The number of amides is 2. The average Bonchev–Trinajstić information content (AvgIpc) is 3.34. The van der Waals surface area contributed by atoms with Crippen LogP contribution in [0.4, 0.5) is 5.69 Å². The lowest BCUT2D eigenvalue weighted by Gasteiger charge is -2.17. The third-order valence-corrected chi connectivity index (χ3v) is 5.08. The smallest absolute Gasteiger partial charge is 0.287 e. The second kappa shape index (κ2) is 6.59. The monoisotopic (exact) mass is 352 g/mol. The minimum absolute atomic E-state index is 0.166. The highest BCUT2D eigenvalue weighted by atomic mass is 16.2. The van der Waals surface area contributed by atoms with Gasteiger partial charge in [-0.05, 0) is 57.6 Å². The summed E-state index contributed by atoms with van der Waals surface area (Å²) in [4.78, 5) is 29.9. The minimum atomic E-state index is -0.243. The number of hydrogen-bond donors (Lipinski definition) is 2. The van der Waals surface area contributed by atoms with Crippen LogP contribution in [0, 0.1) is 13.8 Å². The summed E-state index contributed by atoms with van der Waals surface area (Å²) in [6.07, 6.45) is 4.85. The van der Waals surface area contributed by atoms with Gasteiger partial charge in [0.1, 0.15) is 0 Å². The van der Waals surface area contributed by atoms with Crippen LogP contribution in [0.1, 0.15) is 63.6 Å². The predicted octanol–water partition coefficient (Wildman–Crippen LogP) is 2.98. The highest BCUT2D eigenvalue weighted by molar-refractivity contribution is 6.05. The maximum absolute atomic E-state index is 12.9. The van der Waals surface area contributed by atoms with Crippen LogP contribution < -0.4 is 10.6 Å². The lowest BCUT2D eigenvalue weighted by molar-refractivity contribution is 0.0935. The van der Waals surface area contributed by atoms with Crippen molar-refractivity contribution in [2.45, 2.75) is 58.5 Å². The van der Waals surface area contributed by atoms with E-state index in [-0.39, 0.29) is 17.9 Å². The molecule has 0 spiro atoms. The zero-order chi connectivity index (χ0) is 18.3. The van der Waals surface area contributed by atoms with Gasteiger partial charge in [-0.2, -0.15) is 0 Å². The third-order valence-electron chi connectivity index (χ3n) is 5.08. The van der Waals surface area contributed by atoms with Crippen molar-refractivity contribution in [2.24, 2.45) is 0 Å². The molecule has 0 atom stereocenters. The van der Waals surface area contributed by atoms with Gasteiger partial charge in [0.15, 0.2) is 11.5 Å². The first kappa shape index (κ1) is 16.8. The molecule has 2 N–H and O–H groups in total. The molecule has 1 saturated carbocycles. The number of imidazole rings is 1. The largest absolute Gasteiger partial charge is 0.347 e. The molecule has 26 heavy (non-hydrogen) atoms. The number of anilines is 1. The predicted molar refractivity (Wildman–Crippen MR) is 99.5 cm³/mol. The fraction of sp³-hybridized carbons (Fsp3) is 0.450. The Bertz CT molecular complexity index is 880. The average molecular weight is 352 g/mol. The van der Waals surface area contributed by atoms with E-state index in [2.05, 4.69) is 15.6 Å². The summed E-state index contributed by atoms with van der Waals surface area (Å²) >= 11 is 0. The second-order valence-corrected chi connectivity index (χ2v) is 7.36. The lowest BCUT2D eigenvalue weighted by atomic mass is 10.1. The number of rotatable bonds is 4. The standard InChI is InChI=1S/C20H24N4O2/c1-12-6-9-15(13(2)11-12)22-19(25)17-16-5-3-4-10-24(16)18(23-17)20(26)21-14-7-8-14/h6,9,11,14H,3-5,7-8,10H2,1-2H3,(H,21,26)(H,22,25). The van der Waals surface area contributed by atoms with E-state index in [0.29, 0.717) is 11.5 Å². The van der Waals surface area contributed by atoms with E-state index in [1.165, 1.54) is 0 Å². The van der Waals surface area contributed by atoms with Crippen molar-refractivity contribution in [2.75, 3.05) is 5.32 Å². The molecular weight excluding hydrogens is 328 g/mol. The molecule has 1 aromatic carbocycles. The fourth-order valence-corrected chi connectivity index (χ4v) is 3.51. The summed E-state index contributed by atoms with van der Waals surface area (Å²) < 4.78 is 1.93. The molecule has 1 fully saturated rings. The van der Waals surface area contributed by atoms with E-state index < -0.39 is 0 Å². The number of carbonyl (C=O) groups excluding carboxylic acids is 2. The number of nitrogens with zero attached hydrogens (tertiary/aromatic N) is 2. The first-order valence-corrected chi connectivity index (χ1v) is 9.32. The molecule has 1 aliphatic carbocycles. The van der Waals surface area contributed by atoms with Gasteiger partial charge in [0.05, 0.1) is 5.69 Å². The molecule has 0 unspecified atom stereocenters. The Labute approximate surface area is 153 Å². The summed E-state index contributed by atoms with van der Waals surface area (Å²) in [7, 11) is 0. The zero-order valence-corrected chi connectivity index (χ0v) is 15.3. The molecule has 2 aliphatic rings. The van der Waals surface area contributed by atoms with E-state index >= 15 is 0 Å². The normalized spacial score (nSPS) is 16.1. The van der Waals surface area contributed by atoms with Crippen molar-refractivity contribution in [3.8, 4) is 0 Å². The van der Waals surface area contributed by atoms with Gasteiger partial charge in [0.25, 0.3) is 11.8 Å². The van der Waals surface area contributed by atoms with Crippen molar-refractivity contribution in [3.05, 3.63) is 46.5 Å². The number of hydrogen-bond acceptors (Lipinski definition) is 3. The number of fused-ring (bicyclic) bond motifs is 1. The molecule has 2 heterocycles. The van der Waals surface area contributed by atoms with Crippen molar-refractivity contribution in [1.29, 1.82) is 0 Å². The van der Waals surface area contributed by atoms with Crippen LogP contribution in [0.25, 0.3) is 0 Å². The molecule has 1 aromatic heterocycles. The molecule has 0 saturated heterocycles. The van der Waals surface area contributed by atoms with Crippen molar-refractivity contribution in [3.63, 3.8) is 0 Å². The van der Waals surface area contributed by atoms with Gasteiger partial charge in [-0.1, -0.05) is 17.7 Å². The quantitative estimate of drug-likeness (QED) is 0.888. The minimum Gasteiger partial charge on any atom is -0.347 e.